The van der Waals surface area contributed by atoms with Crippen molar-refractivity contribution in [1.82, 2.24) is 0 Å². The predicted octanol–water partition coefficient (Wildman–Crippen LogP) is -3.05. The van der Waals surface area contributed by atoms with Crippen LogP contribution in [0.4, 0.5) is 0 Å². The molecule has 12 N–H and O–H groups in total. The average Bonchev–Trinajstić information content (AvgIpc) is 3.14. The van der Waals surface area contributed by atoms with Crippen molar-refractivity contribution in [2.24, 2.45) is 0 Å². The molecule has 0 aromatic heterocycles. The molecule has 0 radical (unpaired) electrons. The molecule has 0 bridgehead atoms. The molecule has 53 heavy (non-hydrogen) atoms. The van der Waals surface area contributed by atoms with Gasteiger partial charge in [-0.15, -0.1) is 0 Å². The Bertz CT molecular complexity index is 868. The zero-order valence-corrected chi connectivity index (χ0v) is 31.2. The highest BCUT2D eigenvalue weighted by Gasteiger charge is 2.44. The molecule has 1 aliphatic heterocycles. The van der Waals surface area contributed by atoms with Gasteiger partial charge in [0, 0.05) is 20.3 Å². The van der Waals surface area contributed by atoms with Crippen LogP contribution in [0.1, 0.15) is 78.1 Å². The summed E-state index contributed by atoms with van der Waals surface area (Å²) in [5, 5.41) is 121. The van der Waals surface area contributed by atoms with Crippen LogP contribution in [0.25, 0.3) is 0 Å². The molecular formula is C34H68O19. The van der Waals surface area contributed by atoms with E-state index in [1.807, 2.05) is 0 Å². The maximum Gasteiger partial charge on any atom is 0.209 e. The van der Waals surface area contributed by atoms with Crippen molar-refractivity contribution in [2.45, 2.75) is 170 Å². The van der Waals surface area contributed by atoms with Crippen LogP contribution in [0, 0.1) is 0 Å². The normalized spacial score (nSPS) is 26.2. The van der Waals surface area contributed by atoms with Gasteiger partial charge < -0.3 is 94.4 Å². The van der Waals surface area contributed by atoms with Gasteiger partial charge in [-0.2, -0.15) is 0 Å². The van der Waals surface area contributed by atoms with E-state index in [0.29, 0.717) is 6.42 Å². The molecule has 19 heteroatoms. The van der Waals surface area contributed by atoms with Crippen molar-refractivity contribution < 1.29 is 94.4 Å². The SMILES string of the molecule is CCCCCCCCCCO[C@H](CCCOC1OC(CO)C(O)C(O)C1O)[C@H](COC(OC(CO)[C@H](C)O)C(O)O)OC(O)C(O)C(O)C(CO)OC. The van der Waals surface area contributed by atoms with Crippen LogP contribution in [0.15, 0.2) is 0 Å². The Morgan fingerprint density at radius 2 is 1.26 bits per heavy atom. The fraction of sp³-hybridized carbons (Fsp3) is 1.00. The smallest absolute Gasteiger partial charge is 0.209 e. The van der Waals surface area contributed by atoms with Crippen molar-refractivity contribution in [3.05, 3.63) is 0 Å². The molecule has 0 amide bonds. The van der Waals surface area contributed by atoms with Crippen molar-refractivity contribution in [1.29, 1.82) is 0 Å². The van der Waals surface area contributed by atoms with Gasteiger partial charge in [0.05, 0.1) is 38.6 Å². The number of methoxy groups -OCH3 is 1. The third-order valence-corrected chi connectivity index (χ3v) is 9.02. The largest absolute Gasteiger partial charge is 0.394 e. The highest BCUT2D eigenvalue weighted by Crippen LogP contribution is 2.24. The van der Waals surface area contributed by atoms with Crippen LogP contribution in [0.2, 0.25) is 0 Å². The third kappa shape index (κ3) is 18.4. The summed E-state index contributed by atoms with van der Waals surface area (Å²) in [6.45, 7) is 0.909. The summed E-state index contributed by atoms with van der Waals surface area (Å²) in [5.41, 5.74) is 0. The molecule has 0 aromatic carbocycles. The summed E-state index contributed by atoms with van der Waals surface area (Å²) in [5.74, 6) is 0. The minimum atomic E-state index is -2.27. The average molecular weight is 781 g/mol. The van der Waals surface area contributed by atoms with Crippen LogP contribution in [-0.2, 0) is 33.2 Å². The molecule has 1 aliphatic rings. The summed E-state index contributed by atoms with van der Waals surface area (Å²) in [7, 11) is 1.18. The first kappa shape index (κ1) is 50.3. The highest BCUT2D eigenvalue weighted by atomic mass is 16.7. The van der Waals surface area contributed by atoms with E-state index in [-0.39, 0.29) is 26.1 Å². The summed E-state index contributed by atoms with van der Waals surface area (Å²) in [6.07, 6.45) is -15.2. The topological polar surface area (TPSA) is 307 Å². The fourth-order valence-electron chi connectivity index (χ4n) is 5.61. The lowest BCUT2D eigenvalue weighted by Gasteiger charge is -2.39. The van der Waals surface area contributed by atoms with Gasteiger partial charge in [-0.05, 0) is 26.2 Å². The van der Waals surface area contributed by atoms with E-state index in [2.05, 4.69) is 6.92 Å². The van der Waals surface area contributed by atoms with Crippen LogP contribution in [-0.4, -0.2) is 200 Å². The van der Waals surface area contributed by atoms with Gasteiger partial charge in [-0.1, -0.05) is 51.9 Å². The Morgan fingerprint density at radius 3 is 1.81 bits per heavy atom. The summed E-state index contributed by atoms with van der Waals surface area (Å²) in [6, 6.07) is 0. The second-order valence-corrected chi connectivity index (χ2v) is 13.3. The van der Waals surface area contributed by atoms with Gasteiger partial charge in [0.1, 0.15) is 54.9 Å². The number of aliphatic hydroxyl groups is 12. The number of unbranched alkanes of at least 4 members (excludes halogenated alkanes) is 7. The van der Waals surface area contributed by atoms with Crippen LogP contribution in [0.3, 0.4) is 0 Å². The minimum absolute atomic E-state index is 0.0886. The second-order valence-electron chi connectivity index (χ2n) is 13.3. The fourth-order valence-corrected chi connectivity index (χ4v) is 5.61. The quantitative estimate of drug-likeness (QED) is 0.0238. The van der Waals surface area contributed by atoms with Gasteiger partial charge in [-0.25, -0.2) is 0 Å². The van der Waals surface area contributed by atoms with Crippen molar-refractivity contribution in [2.75, 3.05) is 46.8 Å². The molecule has 1 saturated heterocycles. The number of ether oxygens (including phenoxy) is 7. The Kier molecular flexibility index (Phi) is 27.1. The van der Waals surface area contributed by atoms with E-state index >= 15 is 0 Å². The lowest BCUT2D eigenvalue weighted by molar-refractivity contribution is -0.303. The first-order valence-electron chi connectivity index (χ1n) is 18.6. The second kappa shape index (κ2) is 28.6. The molecule has 1 fully saturated rings. The number of hydrogen-bond acceptors (Lipinski definition) is 19. The van der Waals surface area contributed by atoms with E-state index in [1.54, 1.807) is 0 Å². The molecule has 1 rings (SSSR count). The summed E-state index contributed by atoms with van der Waals surface area (Å²) in [4.78, 5) is 0. The van der Waals surface area contributed by atoms with Gasteiger partial charge in [0.25, 0.3) is 0 Å². The minimum Gasteiger partial charge on any atom is -0.394 e. The number of rotatable bonds is 32. The maximum absolute atomic E-state index is 10.9. The van der Waals surface area contributed by atoms with Gasteiger partial charge in [0.15, 0.2) is 12.6 Å². The highest BCUT2D eigenvalue weighted by molar-refractivity contribution is 4.89. The van der Waals surface area contributed by atoms with Crippen LogP contribution in [0.5, 0.6) is 0 Å². The van der Waals surface area contributed by atoms with Crippen LogP contribution < -0.4 is 0 Å². The Balaban J connectivity index is 3.20. The lowest BCUT2D eigenvalue weighted by Crippen LogP contribution is -2.59. The van der Waals surface area contributed by atoms with E-state index in [4.69, 9.17) is 33.2 Å². The predicted molar refractivity (Wildman–Crippen MR) is 184 cm³/mol. The zero-order valence-electron chi connectivity index (χ0n) is 31.2. The van der Waals surface area contributed by atoms with Crippen molar-refractivity contribution in [3.8, 4) is 0 Å². The molecular weight excluding hydrogens is 712 g/mol. The number of aliphatic hydroxyl groups excluding tert-OH is 11. The molecule has 14 atom stereocenters. The van der Waals surface area contributed by atoms with E-state index in [9.17, 15) is 61.3 Å². The molecule has 1 heterocycles. The Labute approximate surface area is 311 Å². The van der Waals surface area contributed by atoms with Crippen LogP contribution >= 0.6 is 0 Å². The lowest BCUT2D eigenvalue weighted by atomic mass is 9.99. The Hall–Kier alpha value is -0.760. The van der Waals surface area contributed by atoms with Crippen molar-refractivity contribution in [3.63, 3.8) is 0 Å². The zero-order chi connectivity index (χ0) is 39.9. The number of hydrogen-bond donors (Lipinski definition) is 12. The third-order valence-electron chi connectivity index (χ3n) is 9.02. The monoisotopic (exact) mass is 780 g/mol. The van der Waals surface area contributed by atoms with Gasteiger partial charge >= 0.3 is 0 Å². The first-order valence-corrected chi connectivity index (χ1v) is 18.6. The maximum atomic E-state index is 10.9. The Morgan fingerprint density at radius 1 is 0.642 bits per heavy atom. The molecule has 11 unspecified atom stereocenters. The van der Waals surface area contributed by atoms with Gasteiger partial charge in [-0.3, -0.25) is 0 Å². The van der Waals surface area contributed by atoms with Crippen molar-refractivity contribution >= 4 is 0 Å². The molecule has 19 nitrogen and oxygen atoms in total. The molecule has 0 aromatic rings. The molecule has 0 aliphatic carbocycles. The molecule has 0 saturated carbocycles. The molecule has 318 valence electrons. The van der Waals surface area contributed by atoms with Gasteiger partial charge in [0.2, 0.25) is 12.6 Å². The molecule has 0 spiro atoms. The van der Waals surface area contributed by atoms with E-state index < -0.39 is 119 Å². The summed E-state index contributed by atoms with van der Waals surface area (Å²) >= 11 is 0. The summed E-state index contributed by atoms with van der Waals surface area (Å²) < 4.78 is 38.8. The standard InChI is InChI=1S/C34H68O19/c1-4-5-6-7-8-9-10-11-14-48-21(13-12-15-49-33-30(43)28(41)27(40)24(18-37)53-33)25(51-32(46)29(42)26(39)23(17-36)47-3)19-50-34(31(44)45)52-22(16-35)20(2)38/h20-46H,4-19H2,1-3H3/t20-,21+,22?,23?,24?,25-,26?,27?,28?,29?,30?,32?,33?,34?/m0/s1. The van der Waals surface area contributed by atoms with E-state index in [1.165, 1.54) is 20.5 Å². The van der Waals surface area contributed by atoms with E-state index in [0.717, 1.165) is 38.5 Å². The first-order chi connectivity index (χ1) is 25.3.